The van der Waals surface area contributed by atoms with Gasteiger partial charge in [0.05, 0.1) is 0 Å². The fourth-order valence-corrected chi connectivity index (χ4v) is 3.68. The molecule has 0 amide bonds. The SMILES string of the molecule is CNCC12CC1N(C(C)(C)C)[C@H](C)C2. The zero-order valence-electron chi connectivity index (χ0n) is 10.2. The lowest BCUT2D eigenvalue weighted by Gasteiger charge is -2.37. The molecule has 3 atom stereocenters. The molecule has 2 nitrogen and oxygen atoms in total. The third-order valence-corrected chi connectivity index (χ3v) is 3.96. The lowest BCUT2D eigenvalue weighted by atomic mass is 9.99. The molecule has 0 bridgehead atoms. The first-order chi connectivity index (χ1) is 6.41. The Bertz CT molecular complexity index is 231. The molecule has 1 aliphatic carbocycles. The molecule has 1 saturated heterocycles. The van der Waals surface area contributed by atoms with Crippen molar-refractivity contribution in [1.82, 2.24) is 10.2 Å². The minimum atomic E-state index is 0.343. The zero-order chi connectivity index (χ0) is 10.6. The minimum Gasteiger partial charge on any atom is -0.319 e. The highest BCUT2D eigenvalue weighted by molar-refractivity contribution is 5.18. The number of nitrogens with zero attached hydrogens (tertiary/aromatic N) is 1. The third-order valence-electron chi connectivity index (χ3n) is 3.96. The summed E-state index contributed by atoms with van der Waals surface area (Å²) in [6.07, 6.45) is 2.80. The monoisotopic (exact) mass is 196 g/mol. The second-order valence-electron chi connectivity index (χ2n) is 6.24. The Morgan fingerprint density at radius 2 is 2.00 bits per heavy atom. The lowest BCUT2D eigenvalue weighted by molar-refractivity contribution is 0.104. The van der Waals surface area contributed by atoms with Crippen LogP contribution < -0.4 is 5.32 Å². The van der Waals surface area contributed by atoms with E-state index in [-0.39, 0.29) is 0 Å². The Labute approximate surface area is 88.1 Å². The Kier molecular flexibility index (Phi) is 2.20. The number of rotatable bonds is 2. The van der Waals surface area contributed by atoms with E-state index in [9.17, 15) is 0 Å². The van der Waals surface area contributed by atoms with Gasteiger partial charge < -0.3 is 5.32 Å². The molecule has 1 aliphatic heterocycles. The summed E-state index contributed by atoms with van der Waals surface area (Å²) in [4.78, 5) is 2.73. The van der Waals surface area contributed by atoms with Crippen LogP contribution in [0.15, 0.2) is 0 Å². The van der Waals surface area contributed by atoms with Crippen molar-refractivity contribution in [3.05, 3.63) is 0 Å². The zero-order valence-corrected chi connectivity index (χ0v) is 10.2. The molecule has 2 heteroatoms. The van der Waals surface area contributed by atoms with Gasteiger partial charge in [-0.25, -0.2) is 0 Å². The molecule has 0 aromatic carbocycles. The van der Waals surface area contributed by atoms with Gasteiger partial charge in [0, 0.05) is 29.6 Å². The van der Waals surface area contributed by atoms with E-state index in [1.54, 1.807) is 0 Å². The third kappa shape index (κ3) is 1.40. The van der Waals surface area contributed by atoms with E-state index >= 15 is 0 Å². The average Bonchev–Trinajstić information content (AvgIpc) is 2.53. The van der Waals surface area contributed by atoms with Crippen LogP contribution in [0.5, 0.6) is 0 Å². The van der Waals surface area contributed by atoms with Crippen LogP contribution in [0.25, 0.3) is 0 Å². The summed E-state index contributed by atoms with van der Waals surface area (Å²) in [5.74, 6) is 0. The highest BCUT2D eigenvalue weighted by atomic mass is 15.3. The van der Waals surface area contributed by atoms with Gasteiger partial charge in [0.15, 0.2) is 0 Å². The van der Waals surface area contributed by atoms with Crippen molar-refractivity contribution in [1.29, 1.82) is 0 Å². The molecule has 0 spiro atoms. The first kappa shape index (κ1) is 10.4. The quantitative estimate of drug-likeness (QED) is 0.725. The van der Waals surface area contributed by atoms with Crippen LogP contribution in [-0.2, 0) is 0 Å². The maximum atomic E-state index is 3.36. The van der Waals surface area contributed by atoms with Crippen molar-refractivity contribution in [3.8, 4) is 0 Å². The maximum absolute atomic E-state index is 3.36. The minimum absolute atomic E-state index is 0.343. The number of fused-ring (bicyclic) bond motifs is 1. The van der Waals surface area contributed by atoms with Gasteiger partial charge >= 0.3 is 0 Å². The second kappa shape index (κ2) is 2.96. The van der Waals surface area contributed by atoms with E-state index < -0.39 is 0 Å². The van der Waals surface area contributed by atoms with Crippen LogP contribution >= 0.6 is 0 Å². The van der Waals surface area contributed by atoms with Crippen LogP contribution in [0.1, 0.15) is 40.5 Å². The predicted octanol–water partition coefficient (Wildman–Crippen LogP) is 1.86. The van der Waals surface area contributed by atoms with Crippen molar-refractivity contribution in [2.75, 3.05) is 13.6 Å². The topological polar surface area (TPSA) is 15.3 Å². The number of likely N-dealkylation sites (tertiary alicyclic amines) is 1. The van der Waals surface area contributed by atoms with Crippen molar-refractivity contribution < 1.29 is 0 Å². The molecule has 0 aromatic heterocycles. The van der Waals surface area contributed by atoms with Gasteiger partial charge in [0.25, 0.3) is 0 Å². The Morgan fingerprint density at radius 1 is 1.36 bits per heavy atom. The molecule has 0 aromatic rings. The second-order valence-corrected chi connectivity index (χ2v) is 6.24. The van der Waals surface area contributed by atoms with E-state index in [1.165, 1.54) is 19.4 Å². The van der Waals surface area contributed by atoms with E-state index in [0.717, 1.165) is 12.1 Å². The molecule has 14 heavy (non-hydrogen) atoms. The number of hydrogen-bond donors (Lipinski definition) is 1. The van der Waals surface area contributed by atoms with Gasteiger partial charge in [-0.2, -0.15) is 0 Å². The number of hydrogen-bond acceptors (Lipinski definition) is 2. The van der Waals surface area contributed by atoms with Gasteiger partial charge in [-0.05, 0) is 47.6 Å². The Morgan fingerprint density at radius 3 is 2.43 bits per heavy atom. The van der Waals surface area contributed by atoms with Gasteiger partial charge in [-0.15, -0.1) is 0 Å². The molecule has 1 heterocycles. The van der Waals surface area contributed by atoms with Crippen LogP contribution in [0.2, 0.25) is 0 Å². The fraction of sp³-hybridized carbons (Fsp3) is 1.00. The molecule has 2 unspecified atom stereocenters. The van der Waals surface area contributed by atoms with Crippen LogP contribution in [0.4, 0.5) is 0 Å². The van der Waals surface area contributed by atoms with E-state index in [2.05, 4.69) is 45.0 Å². The van der Waals surface area contributed by atoms with Crippen molar-refractivity contribution in [3.63, 3.8) is 0 Å². The molecule has 1 N–H and O–H groups in total. The summed E-state index contributed by atoms with van der Waals surface area (Å²) in [5.41, 5.74) is 0.970. The van der Waals surface area contributed by atoms with E-state index in [0.29, 0.717) is 11.0 Å². The largest absolute Gasteiger partial charge is 0.319 e. The molecule has 0 radical (unpaired) electrons. The van der Waals surface area contributed by atoms with Gasteiger partial charge in [0.2, 0.25) is 0 Å². The van der Waals surface area contributed by atoms with Gasteiger partial charge in [-0.1, -0.05) is 0 Å². The standard InChI is InChI=1S/C12H24N2/c1-9-6-12(8-13-5)7-10(12)14(9)11(2,3)4/h9-10,13H,6-8H2,1-5H3/t9-,10?,12?/m1/s1. The maximum Gasteiger partial charge on any atom is 0.0179 e. The molecule has 82 valence electrons. The Balaban J connectivity index is 2.10. The van der Waals surface area contributed by atoms with Crippen molar-refractivity contribution in [2.45, 2.75) is 58.2 Å². The predicted molar refractivity (Wildman–Crippen MR) is 60.4 cm³/mol. The van der Waals surface area contributed by atoms with Crippen molar-refractivity contribution >= 4 is 0 Å². The number of piperidine rings is 1. The first-order valence-electron chi connectivity index (χ1n) is 5.84. The summed E-state index contributed by atoms with van der Waals surface area (Å²) >= 11 is 0. The average molecular weight is 196 g/mol. The smallest absolute Gasteiger partial charge is 0.0179 e. The summed E-state index contributed by atoms with van der Waals surface area (Å²) in [6, 6.07) is 1.62. The molecule has 2 aliphatic rings. The molecule has 2 fully saturated rings. The van der Waals surface area contributed by atoms with Crippen LogP contribution in [0.3, 0.4) is 0 Å². The lowest BCUT2D eigenvalue weighted by Crippen LogP contribution is -2.45. The van der Waals surface area contributed by atoms with Crippen LogP contribution in [-0.4, -0.2) is 36.1 Å². The van der Waals surface area contributed by atoms with E-state index in [4.69, 9.17) is 0 Å². The summed E-state index contributed by atoms with van der Waals surface area (Å²) in [5, 5.41) is 3.36. The molecule has 2 rings (SSSR count). The molecular weight excluding hydrogens is 172 g/mol. The van der Waals surface area contributed by atoms with Gasteiger partial charge in [-0.3, -0.25) is 4.90 Å². The normalized spacial score (nSPS) is 42.6. The highest BCUT2D eigenvalue weighted by Gasteiger charge is 2.64. The van der Waals surface area contributed by atoms with Crippen LogP contribution in [0, 0.1) is 5.41 Å². The first-order valence-corrected chi connectivity index (χ1v) is 5.84. The fourth-order valence-electron chi connectivity index (χ4n) is 3.68. The number of nitrogens with one attached hydrogen (secondary N) is 1. The highest BCUT2D eigenvalue weighted by Crippen LogP contribution is 2.60. The van der Waals surface area contributed by atoms with Gasteiger partial charge in [0.1, 0.15) is 0 Å². The Hall–Kier alpha value is -0.0800. The van der Waals surface area contributed by atoms with Crippen molar-refractivity contribution in [2.24, 2.45) is 5.41 Å². The summed E-state index contributed by atoms with van der Waals surface area (Å²) in [6.45, 7) is 10.6. The van der Waals surface area contributed by atoms with E-state index in [1.807, 2.05) is 0 Å². The summed E-state index contributed by atoms with van der Waals surface area (Å²) < 4.78 is 0. The molecular formula is C12H24N2. The molecule has 1 saturated carbocycles. The summed E-state index contributed by atoms with van der Waals surface area (Å²) in [7, 11) is 2.08.